The topological polar surface area (TPSA) is 63.2 Å². The number of nitrogens with zero attached hydrogens (tertiary/aromatic N) is 1. The Morgan fingerprint density at radius 3 is 2.52 bits per heavy atom. The van der Waals surface area contributed by atoms with E-state index in [2.05, 4.69) is 53.4 Å². The Kier molecular flexibility index (Phi) is 8.14. The molecule has 1 aromatic heterocycles. The maximum absolute atomic E-state index is 12.7. The zero-order valence-corrected chi connectivity index (χ0v) is 21.5. The number of fused-ring (bicyclic) bond motifs is 1. The molecule has 3 rings (SSSR count). The van der Waals surface area contributed by atoms with E-state index in [1.807, 2.05) is 55.5 Å². The van der Waals surface area contributed by atoms with E-state index in [1.165, 1.54) is 0 Å². The molecule has 0 bridgehead atoms. The second-order valence-electron chi connectivity index (χ2n) is 9.36. The third-order valence-corrected chi connectivity index (χ3v) is 5.81. The molecule has 0 unspecified atom stereocenters. The van der Waals surface area contributed by atoms with Gasteiger partial charge in [-0.2, -0.15) is 0 Å². The maximum Gasteiger partial charge on any atom is 0.246 e. The summed E-state index contributed by atoms with van der Waals surface area (Å²) in [5, 5.41) is 7.47. The van der Waals surface area contributed by atoms with Gasteiger partial charge in [0.15, 0.2) is 0 Å². The number of anilines is 1. The Bertz CT molecular complexity index is 1150. The van der Waals surface area contributed by atoms with Crippen LogP contribution in [0, 0.1) is 5.41 Å². The normalized spacial score (nSPS) is 12.0. The van der Waals surface area contributed by atoms with Gasteiger partial charge < -0.3 is 15.4 Å². The molecule has 0 fully saturated rings. The van der Waals surface area contributed by atoms with E-state index in [1.54, 1.807) is 7.11 Å². The summed E-state index contributed by atoms with van der Waals surface area (Å²) in [5.74, 6) is 1.50. The molecule has 0 aliphatic rings. The van der Waals surface area contributed by atoms with Crippen LogP contribution >= 0.6 is 15.9 Å². The van der Waals surface area contributed by atoms with Gasteiger partial charge in [-0.15, -0.1) is 0 Å². The highest BCUT2D eigenvalue weighted by Crippen LogP contribution is 2.26. The Balaban J connectivity index is 1.85. The number of carbonyl (C=O) groups excluding carboxylic acids is 1. The van der Waals surface area contributed by atoms with Gasteiger partial charge in [0, 0.05) is 34.1 Å². The van der Waals surface area contributed by atoms with Gasteiger partial charge in [-0.25, -0.2) is 4.98 Å². The van der Waals surface area contributed by atoms with Gasteiger partial charge in [-0.1, -0.05) is 48.8 Å². The van der Waals surface area contributed by atoms with Gasteiger partial charge in [-0.3, -0.25) is 4.79 Å². The molecule has 3 aromatic rings. The van der Waals surface area contributed by atoms with Crippen LogP contribution in [0.15, 0.2) is 58.6 Å². The van der Waals surface area contributed by atoms with E-state index < -0.39 is 0 Å². The van der Waals surface area contributed by atoms with Crippen LogP contribution in [-0.2, 0) is 11.3 Å². The Morgan fingerprint density at radius 1 is 1.12 bits per heavy atom. The first-order chi connectivity index (χ1) is 15.6. The van der Waals surface area contributed by atoms with E-state index >= 15 is 0 Å². The lowest BCUT2D eigenvalue weighted by molar-refractivity contribution is -0.117. The smallest absolute Gasteiger partial charge is 0.246 e. The lowest BCUT2D eigenvalue weighted by atomic mass is 9.92. The number of hydrogen-bond acceptors (Lipinski definition) is 4. The summed E-state index contributed by atoms with van der Waals surface area (Å²) in [6.45, 7) is 9.60. The van der Waals surface area contributed by atoms with Crippen molar-refractivity contribution in [2.75, 3.05) is 19.0 Å². The fourth-order valence-electron chi connectivity index (χ4n) is 3.33. The van der Waals surface area contributed by atoms with Gasteiger partial charge in [0.2, 0.25) is 5.91 Å². The van der Waals surface area contributed by atoms with Gasteiger partial charge in [0.05, 0.1) is 12.6 Å². The number of benzene rings is 2. The third kappa shape index (κ3) is 7.32. The quantitative estimate of drug-likeness (QED) is 0.337. The number of hydrogen-bond donors (Lipinski definition) is 2. The van der Waals surface area contributed by atoms with Crippen molar-refractivity contribution in [1.82, 2.24) is 10.3 Å². The second kappa shape index (κ2) is 10.8. The molecular weight excluding hydrogens is 478 g/mol. The average molecular weight is 510 g/mol. The number of methoxy groups -OCH3 is 1. The summed E-state index contributed by atoms with van der Waals surface area (Å²) in [7, 11) is 1.66. The number of nitrogens with one attached hydrogen (secondary N) is 2. The van der Waals surface area contributed by atoms with Crippen LogP contribution < -0.4 is 15.4 Å². The number of pyridine rings is 1. The number of carbonyl (C=O) groups is 1. The molecular formula is C27H32BrN3O2. The van der Waals surface area contributed by atoms with Crippen LogP contribution in [0.3, 0.4) is 0 Å². The van der Waals surface area contributed by atoms with Crippen LogP contribution in [0.5, 0.6) is 5.75 Å². The number of halogens is 1. The summed E-state index contributed by atoms with van der Waals surface area (Å²) in [6, 6.07) is 16.0. The van der Waals surface area contributed by atoms with Crippen molar-refractivity contribution in [3.05, 3.63) is 69.7 Å². The van der Waals surface area contributed by atoms with Gasteiger partial charge in [0.1, 0.15) is 11.6 Å². The van der Waals surface area contributed by atoms with Crippen molar-refractivity contribution in [3.63, 3.8) is 0 Å². The third-order valence-electron chi connectivity index (χ3n) is 5.32. The standard InChI is InChI=1S/C27H32BrN3O2/c1-18(26(32)29-13-12-27(2,3)4)14-21-15-20-16-22(28)8-11-24(20)31-25(21)30-17-19-6-9-23(33-5)10-7-19/h6-11,14-16H,12-13,17H2,1-5H3,(H,29,32)(H,30,31). The highest BCUT2D eigenvalue weighted by atomic mass is 79.9. The molecule has 5 nitrogen and oxygen atoms in total. The maximum atomic E-state index is 12.7. The molecule has 0 saturated carbocycles. The summed E-state index contributed by atoms with van der Waals surface area (Å²) in [5.41, 5.74) is 3.70. The highest BCUT2D eigenvalue weighted by Gasteiger charge is 2.12. The number of amides is 1. The van der Waals surface area contributed by atoms with Crippen LogP contribution in [0.2, 0.25) is 0 Å². The zero-order chi connectivity index (χ0) is 24.0. The Labute approximate surface area is 204 Å². The molecule has 0 radical (unpaired) electrons. The molecule has 2 aromatic carbocycles. The lowest BCUT2D eigenvalue weighted by Gasteiger charge is -2.18. The predicted molar refractivity (Wildman–Crippen MR) is 140 cm³/mol. The minimum atomic E-state index is -0.0605. The lowest BCUT2D eigenvalue weighted by Crippen LogP contribution is -2.27. The van der Waals surface area contributed by atoms with Crippen LogP contribution in [0.4, 0.5) is 5.82 Å². The fraction of sp³-hybridized carbons (Fsp3) is 0.333. The molecule has 1 heterocycles. The van der Waals surface area contributed by atoms with Crippen LogP contribution in [0.25, 0.3) is 17.0 Å². The van der Waals surface area contributed by atoms with Crippen molar-refractivity contribution in [2.24, 2.45) is 5.41 Å². The Hall–Kier alpha value is -2.86. The van der Waals surface area contributed by atoms with Crippen molar-refractivity contribution < 1.29 is 9.53 Å². The number of aromatic nitrogens is 1. The van der Waals surface area contributed by atoms with Gasteiger partial charge >= 0.3 is 0 Å². The summed E-state index contributed by atoms with van der Waals surface area (Å²) < 4.78 is 6.23. The molecule has 174 valence electrons. The van der Waals surface area contributed by atoms with E-state index in [9.17, 15) is 4.79 Å². The molecule has 1 amide bonds. The average Bonchev–Trinajstić information content (AvgIpc) is 2.77. The number of rotatable bonds is 8. The molecule has 6 heteroatoms. The first kappa shape index (κ1) is 24.8. The van der Waals surface area contributed by atoms with Crippen LogP contribution in [-0.4, -0.2) is 24.5 Å². The minimum absolute atomic E-state index is 0.0605. The molecule has 0 atom stereocenters. The molecule has 0 aliphatic carbocycles. The van der Waals surface area contributed by atoms with Crippen molar-refractivity contribution in [3.8, 4) is 5.75 Å². The fourth-order valence-corrected chi connectivity index (χ4v) is 3.71. The first-order valence-electron chi connectivity index (χ1n) is 11.1. The van der Waals surface area contributed by atoms with Crippen LogP contribution in [0.1, 0.15) is 45.2 Å². The molecule has 33 heavy (non-hydrogen) atoms. The largest absolute Gasteiger partial charge is 0.497 e. The van der Waals surface area contributed by atoms with Crippen molar-refractivity contribution >= 4 is 44.6 Å². The van der Waals surface area contributed by atoms with E-state index in [0.717, 1.165) is 44.5 Å². The number of ether oxygens (including phenoxy) is 1. The first-order valence-corrected chi connectivity index (χ1v) is 11.9. The molecule has 0 aliphatic heterocycles. The highest BCUT2D eigenvalue weighted by molar-refractivity contribution is 9.10. The minimum Gasteiger partial charge on any atom is -0.497 e. The van der Waals surface area contributed by atoms with Crippen molar-refractivity contribution in [2.45, 2.75) is 40.7 Å². The monoisotopic (exact) mass is 509 g/mol. The van der Waals surface area contributed by atoms with Gasteiger partial charge in [0.25, 0.3) is 0 Å². The molecule has 2 N–H and O–H groups in total. The molecule has 0 saturated heterocycles. The van der Waals surface area contributed by atoms with Gasteiger partial charge in [-0.05, 0) is 66.8 Å². The predicted octanol–water partition coefficient (Wildman–Crippen LogP) is 6.57. The second-order valence-corrected chi connectivity index (χ2v) is 10.3. The van der Waals surface area contributed by atoms with E-state index in [-0.39, 0.29) is 11.3 Å². The molecule has 0 spiro atoms. The van der Waals surface area contributed by atoms with E-state index in [4.69, 9.17) is 9.72 Å². The van der Waals surface area contributed by atoms with Crippen molar-refractivity contribution in [1.29, 1.82) is 0 Å². The summed E-state index contributed by atoms with van der Waals surface area (Å²) >= 11 is 3.53. The Morgan fingerprint density at radius 2 is 1.85 bits per heavy atom. The SMILES string of the molecule is COc1ccc(CNc2nc3ccc(Br)cc3cc2C=C(C)C(=O)NCCC(C)(C)C)cc1. The van der Waals surface area contributed by atoms with E-state index in [0.29, 0.717) is 18.7 Å². The zero-order valence-electron chi connectivity index (χ0n) is 20.0. The summed E-state index contributed by atoms with van der Waals surface area (Å²) in [4.78, 5) is 17.5. The summed E-state index contributed by atoms with van der Waals surface area (Å²) in [6.07, 6.45) is 2.82.